The maximum Gasteiger partial charge on any atom is 0.270 e. The van der Waals surface area contributed by atoms with Gasteiger partial charge in [0.05, 0.1) is 11.5 Å². The number of carbonyl (C=O) groups excluding carboxylic acids is 2. The van der Waals surface area contributed by atoms with E-state index in [2.05, 4.69) is 31.5 Å². The van der Waals surface area contributed by atoms with Crippen molar-refractivity contribution >= 4 is 38.2 Å². The Morgan fingerprint density at radius 2 is 2.11 bits per heavy atom. The predicted octanol–water partition coefficient (Wildman–Crippen LogP) is 1.06. The molecule has 2 aromatic rings. The molecule has 4 fully saturated rings. The van der Waals surface area contributed by atoms with Gasteiger partial charge in [0, 0.05) is 42.0 Å². The molecule has 4 saturated heterocycles. The molecule has 142 valence electrons. The van der Waals surface area contributed by atoms with Crippen molar-refractivity contribution in [2.24, 2.45) is 5.92 Å². The Hall–Kier alpha value is -2.19. The first-order valence-electron chi connectivity index (χ1n) is 9.60. The summed E-state index contributed by atoms with van der Waals surface area (Å²) in [5.41, 5.74) is 0.476. The number of rotatable bonds is 3. The van der Waals surface area contributed by atoms with Crippen LogP contribution < -0.4 is 15.5 Å². The van der Waals surface area contributed by atoms with Crippen molar-refractivity contribution in [3.63, 3.8) is 0 Å². The van der Waals surface area contributed by atoms with E-state index in [0.29, 0.717) is 24.7 Å². The molecular formula is C19H23N5O2S. The highest BCUT2D eigenvalue weighted by Gasteiger charge is 2.35. The third-order valence-electron chi connectivity index (χ3n) is 5.94. The highest BCUT2D eigenvalue weighted by atomic mass is 32.1. The fourth-order valence-corrected chi connectivity index (χ4v) is 5.49. The first kappa shape index (κ1) is 16.9. The van der Waals surface area contributed by atoms with Gasteiger partial charge in [0.2, 0.25) is 5.91 Å². The Morgan fingerprint density at radius 1 is 1.26 bits per heavy atom. The van der Waals surface area contributed by atoms with Crippen LogP contribution in [0, 0.1) is 5.92 Å². The van der Waals surface area contributed by atoms with Gasteiger partial charge in [-0.2, -0.15) is 0 Å². The second-order valence-electron chi connectivity index (χ2n) is 7.68. The molecule has 27 heavy (non-hydrogen) atoms. The number of nitrogens with zero attached hydrogens (tertiary/aromatic N) is 3. The summed E-state index contributed by atoms with van der Waals surface area (Å²) in [6, 6.07) is 4.17. The van der Waals surface area contributed by atoms with Crippen LogP contribution in [0.25, 0.3) is 10.1 Å². The molecule has 2 N–H and O–H groups in total. The summed E-state index contributed by atoms with van der Waals surface area (Å²) in [5.74, 6) is 0.568. The van der Waals surface area contributed by atoms with Crippen LogP contribution in [0.3, 0.4) is 0 Å². The molecule has 2 amide bonds. The standard InChI is InChI=1S/C19H23N5O2S/c25-17-11-24(6-3-20-17)18-7-13-9-21-14(8-16(13)27-18)19(26)22-15-10-23-4-1-12(15)2-5-23/h7-9,12,15H,1-6,10-11H2,(H,20,25)(H,22,26)/t15-/m0/s1. The SMILES string of the molecule is O=C1CN(c2cc3cnc(C(=O)N[C@H]4CN5CCC4CC5)cc3s2)CCN1. The number of thiophene rings is 1. The summed E-state index contributed by atoms with van der Waals surface area (Å²) in [6.07, 6.45) is 4.12. The van der Waals surface area contributed by atoms with Crippen LogP contribution >= 0.6 is 11.3 Å². The van der Waals surface area contributed by atoms with Gasteiger partial charge in [0.25, 0.3) is 5.91 Å². The van der Waals surface area contributed by atoms with Crippen molar-refractivity contribution in [2.45, 2.75) is 18.9 Å². The second-order valence-corrected chi connectivity index (χ2v) is 8.74. The van der Waals surface area contributed by atoms with Gasteiger partial charge in [-0.3, -0.25) is 14.6 Å². The third-order valence-corrected chi connectivity index (χ3v) is 7.10. The van der Waals surface area contributed by atoms with Crippen LogP contribution in [-0.4, -0.2) is 67.0 Å². The number of aromatic nitrogens is 1. The van der Waals surface area contributed by atoms with Crippen molar-refractivity contribution in [1.29, 1.82) is 0 Å². The minimum absolute atomic E-state index is 0.0504. The van der Waals surface area contributed by atoms with Gasteiger partial charge in [-0.15, -0.1) is 11.3 Å². The molecular weight excluding hydrogens is 362 g/mol. The van der Waals surface area contributed by atoms with Gasteiger partial charge in [0.15, 0.2) is 0 Å². The molecule has 7 nitrogen and oxygen atoms in total. The van der Waals surface area contributed by atoms with E-state index in [1.54, 1.807) is 17.5 Å². The van der Waals surface area contributed by atoms with Crippen molar-refractivity contribution in [1.82, 2.24) is 20.5 Å². The average Bonchev–Trinajstić information content (AvgIpc) is 3.12. The van der Waals surface area contributed by atoms with E-state index in [4.69, 9.17) is 0 Å². The summed E-state index contributed by atoms with van der Waals surface area (Å²) in [5, 5.41) is 8.12. The molecule has 8 heteroatoms. The fourth-order valence-electron chi connectivity index (χ4n) is 4.40. The van der Waals surface area contributed by atoms with Crippen LogP contribution in [0.1, 0.15) is 23.3 Å². The second kappa shape index (κ2) is 6.76. The number of amides is 2. The summed E-state index contributed by atoms with van der Waals surface area (Å²) in [6.45, 7) is 5.13. The number of pyridine rings is 1. The van der Waals surface area contributed by atoms with Gasteiger partial charge in [-0.25, -0.2) is 0 Å². The first-order valence-corrected chi connectivity index (χ1v) is 10.4. The van der Waals surface area contributed by atoms with E-state index in [-0.39, 0.29) is 17.9 Å². The Balaban J connectivity index is 1.33. The topological polar surface area (TPSA) is 77.6 Å². The third kappa shape index (κ3) is 3.27. The molecule has 0 aromatic carbocycles. The van der Waals surface area contributed by atoms with Crippen LogP contribution in [0.15, 0.2) is 18.3 Å². The molecule has 0 radical (unpaired) electrons. The number of carbonyl (C=O) groups is 2. The van der Waals surface area contributed by atoms with E-state index in [0.717, 1.165) is 41.3 Å². The molecule has 4 aliphatic rings. The zero-order valence-corrected chi connectivity index (χ0v) is 15.9. The highest BCUT2D eigenvalue weighted by molar-refractivity contribution is 7.22. The van der Waals surface area contributed by atoms with Gasteiger partial charge in [-0.05, 0) is 44.0 Å². The molecule has 0 unspecified atom stereocenters. The average molecular weight is 385 g/mol. The Morgan fingerprint density at radius 3 is 2.85 bits per heavy atom. The summed E-state index contributed by atoms with van der Waals surface area (Å²) < 4.78 is 1.03. The minimum Gasteiger partial charge on any atom is -0.353 e. The largest absolute Gasteiger partial charge is 0.353 e. The van der Waals surface area contributed by atoms with E-state index >= 15 is 0 Å². The maximum absolute atomic E-state index is 12.7. The predicted molar refractivity (Wildman–Crippen MR) is 105 cm³/mol. The normalized spacial score (nSPS) is 27.6. The lowest BCUT2D eigenvalue weighted by molar-refractivity contribution is -0.120. The Kier molecular flexibility index (Phi) is 4.24. The molecule has 2 aromatic heterocycles. The van der Waals surface area contributed by atoms with E-state index in [1.165, 1.54) is 12.8 Å². The summed E-state index contributed by atoms with van der Waals surface area (Å²) in [7, 11) is 0. The number of anilines is 1. The quantitative estimate of drug-likeness (QED) is 0.826. The number of hydrogen-bond acceptors (Lipinski definition) is 6. The number of hydrogen-bond donors (Lipinski definition) is 2. The van der Waals surface area contributed by atoms with E-state index in [1.807, 2.05) is 6.07 Å². The Labute approximate surface area is 161 Å². The molecule has 2 bridgehead atoms. The molecule has 1 atom stereocenters. The molecule has 0 aliphatic carbocycles. The molecule has 0 saturated carbocycles. The molecule has 6 heterocycles. The van der Waals surface area contributed by atoms with Gasteiger partial charge in [0.1, 0.15) is 5.69 Å². The number of nitrogens with one attached hydrogen (secondary N) is 2. The lowest BCUT2D eigenvalue weighted by Crippen LogP contribution is -2.57. The maximum atomic E-state index is 12.7. The van der Waals surface area contributed by atoms with Crippen LogP contribution in [0.4, 0.5) is 5.00 Å². The Bertz CT molecular complexity index is 889. The van der Waals surface area contributed by atoms with E-state index < -0.39 is 0 Å². The fraction of sp³-hybridized carbons (Fsp3) is 0.526. The van der Waals surface area contributed by atoms with Crippen molar-refractivity contribution < 1.29 is 9.59 Å². The highest BCUT2D eigenvalue weighted by Crippen LogP contribution is 2.33. The molecule has 6 rings (SSSR count). The number of fused-ring (bicyclic) bond motifs is 4. The number of piperidine rings is 3. The smallest absolute Gasteiger partial charge is 0.270 e. The van der Waals surface area contributed by atoms with Crippen LogP contribution in [0.5, 0.6) is 0 Å². The zero-order valence-electron chi connectivity index (χ0n) is 15.1. The zero-order chi connectivity index (χ0) is 18.4. The van der Waals surface area contributed by atoms with Crippen LogP contribution in [0.2, 0.25) is 0 Å². The molecule has 4 aliphatic heterocycles. The summed E-state index contributed by atoms with van der Waals surface area (Å²) in [4.78, 5) is 33.3. The van der Waals surface area contributed by atoms with Crippen molar-refractivity contribution in [3.8, 4) is 0 Å². The monoisotopic (exact) mass is 385 g/mol. The van der Waals surface area contributed by atoms with Crippen LogP contribution in [-0.2, 0) is 4.79 Å². The van der Waals surface area contributed by atoms with Gasteiger partial charge >= 0.3 is 0 Å². The van der Waals surface area contributed by atoms with Gasteiger partial charge in [-0.1, -0.05) is 0 Å². The lowest BCUT2D eigenvalue weighted by atomic mass is 9.84. The minimum atomic E-state index is -0.0806. The number of piperazine rings is 1. The van der Waals surface area contributed by atoms with Crippen molar-refractivity contribution in [3.05, 3.63) is 24.0 Å². The first-order chi connectivity index (χ1) is 13.2. The van der Waals surface area contributed by atoms with Gasteiger partial charge < -0.3 is 20.4 Å². The molecule has 0 spiro atoms. The van der Waals surface area contributed by atoms with E-state index in [9.17, 15) is 9.59 Å². The van der Waals surface area contributed by atoms with Crippen molar-refractivity contribution in [2.75, 3.05) is 44.2 Å². The summed E-state index contributed by atoms with van der Waals surface area (Å²) >= 11 is 1.61. The lowest BCUT2D eigenvalue weighted by Gasteiger charge is -2.44.